The minimum absolute atomic E-state index is 0.159. The summed E-state index contributed by atoms with van der Waals surface area (Å²) in [6, 6.07) is 0. The van der Waals surface area contributed by atoms with Gasteiger partial charge < -0.3 is 14.5 Å². The largest absolute Gasteiger partial charge is 0.370 e. The smallest absolute Gasteiger partial charge is 0.248 e. The van der Waals surface area contributed by atoms with Crippen LogP contribution in [0.2, 0.25) is 0 Å². The molecule has 1 amide bonds. The van der Waals surface area contributed by atoms with E-state index in [1.54, 1.807) is 0 Å². The van der Waals surface area contributed by atoms with Crippen molar-refractivity contribution in [3.05, 3.63) is 0 Å². The molecule has 0 saturated heterocycles. The van der Waals surface area contributed by atoms with Gasteiger partial charge in [-0.2, -0.15) is 0 Å². The summed E-state index contributed by atoms with van der Waals surface area (Å²) in [4.78, 5) is 16.4. The maximum absolute atomic E-state index is 12.3. The third kappa shape index (κ3) is 13.1. The van der Waals surface area contributed by atoms with Crippen LogP contribution in [0.4, 0.5) is 0 Å². The van der Waals surface area contributed by atoms with Crippen molar-refractivity contribution in [2.75, 3.05) is 46.9 Å². The predicted octanol–water partition coefficient (Wildman–Crippen LogP) is 3.55. The molecular weight excluding hydrogens is 276 g/mol. The monoisotopic (exact) mass is 314 g/mol. The first kappa shape index (κ1) is 21.4. The van der Waals surface area contributed by atoms with Crippen LogP contribution in [-0.2, 0) is 9.53 Å². The zero-order chi connectivity index (χ0) is 16.6. The van der Waals surface area contributed by atoms with E-state index >= 15 is 0 Å². The molecule has 0 aromatic carbocycles. The van der Waals surface area contributed by atoms with Gasteiger partial charge in [-0.3, -0.25) is 4.79 Å². The maximum atomic E-state index is 12.3. The fourth-order valence-electron chi connectivity index (χ4n) is 2.32. The van der Waals surface area contributed by atoms with Gasteiger partial charge in [0.1, 0.15) is 6.61 Å². The third-order valence-corrected chi connectivity index (χ3v) is 3.82. The number of nitrogens with zero attached hydrogens (tertiary/aromatic N) is 2. The quantitative estimate of drug-likeness (QED) is 0.433. The van der Waals surface area contributed by atoms with Crippen LogP contribution in [0.5, 0.6) is 0 Å². The summed E-state index contributed by atoms with van der Waals surface area (Å²) >= 11 is 0. The summed E-state index contributed by atoms with van der Waals surface area (Å²) in [7, 11) is 4.03. The lowest BCUT2D eigenvalue weighted by Crippen LogP contribution is -2.36. The zero-order valence-electron chi connectivity index (χ0n) is 15.4. The number of hydrogen-bond donors (Lipinski definition) is 0. The van der Waals surface area contributed by atoms with Gasteiger partial charge in [-0.25, -0.2) is 0 Å². The molecular formula is C18H38N2O2. The van der Waals surface area contributed by atoms with Crippen LogP contribution >= 0.6 is 0 Å². The molecule has 0 radical (unpaired) electrons. The van der Waals surface area contributed by atoms with Crippen LogP contribution in [-0.4, -0.2) is 62.7 Å². The minimum Gasteiger partial charge on any atom is -0.370 e. The first-order valence-electron chi connectivity index (χ1n) is 9.12. The van der Waals surface area contributed by atoms with E-state index in [9.17, 15) is 4.79 Å². The lowest BCUT2D eigenvalue weighted by molar-refractivity contribution is -0.136. The second-order valence-corrected chi connectivity index (χ2v) is 6.36. The number of hydrogen-bond acceptors (Lipinski definition) is 3. The lowest BCUT2D eigenvalue weighted by atomic mass is 10.1. The summed E-state index contributed by atoms with van der Waals surface area (Å²) in [5.74, 6) is 0.159. The highest BCUT2D eigenvalue weighted by molar-refractivity contribution is 5.77. The van der Waals surface area contributed by atoms with E-state index in [1.807, 2.05) is 19.0 Å². The van der Waals surface area contributed by atoms with Gasteiger partial charge in [0.2, 0.25) is 5.91 Å². The van der Waals surface area contributed by atoms with Crippen LogP contribution in [0.3, 0.4) is 0 Å². The van der Waals surface area contributed by atoms with Crippen molar-refractivity contribution in [1.82, 2.24) is 9.80 Å². The van der Waals surface area contributed by atoms with E-state index in [4.69, 9.17) is 4.74 Å². The van der Waals surface area contributed by atoms with E-state index < -0.39 is 0 Å². The number of likely N-dealkylation sites (N-methyl/N-ethyl adjacent to an activating group) is 1. The Labute approximate surface area is 138 Å². The maximum Gasteiger partial charge on any atom is 0.248 e. The van der Waals surface area contributed by atoms with Crippen molar-refractivity contribution in [1.29, 1.82) is 0 Å². The molecule has 0 aliphatic rings. The standard InChI is InChI=1S/C18H38N2O2/c1-5-7-9-11-13-20(14-12-10-8-6-2)18(21)17-22-16-15-19(3)4/h5-17H2,1-4H3. The van der Waals surface area contributed by atoms with Gasteiger partial charge in [-0.05, 0) is 26.9 Å². The molecule has 0 atom stereocenters. The third-order valence-electron chi connectivity index (χ3n) is 3.82. The fourth-order valence-corrected chi connectivity index (χ4v) is 2.32. The number of unbranched alkanes of at least 4 members (excludes halogenated alkanes) is 6. The molecule has 0 aromatic rings. The Morgan fingerprint density at radius 1 is 0.818 bits per heavy atom. The second-order valence-electron chi connectivity index (χ2n) is 6.36. The van der Waals surface area contributed by atoms with E-state index in [0.29, 0.717) is 6.61 Å². The Hall–Kier alpha value is -0.610. The van der Waals surface area contributed by atoms with Crippen LogP contribution in [0.1, 0.15) is 65.2 Å². The van der Waals surface area contributed by atoms with Crippen molar-refractivity contribution in [2.45, 2.75) is 65.2 Å². The predicted molar refractivity (Wildman–Crippen MR) is 94.2 cm³/mol. The molecule has 0 rings (SSSR count). The van der Waals surface area contributed by atoms with Crippen molar-refractivity contribution in [2.24, 2.45) is 0 Å². The minimum atomic E-state index is 0.159. The number of amides is 1. The zero-order valence-corrected chi connectivity index (χ0v) is 15.4. The molecule has 0 bridgehead atoms. The van der Waals surface area contributed by atoms with Crippen LogP contribution in [0.15, 0.2) is 0 Å². The SMILES string of the molecule is CCCCCCN(CCCCCC)C(=O)COCCN(C)C. The highest BCUT2D eigenvalue weighted by Crippen LogP contribution is 2.06. The van der Waals surface area contributed by atoms with Gasteiger partial charge >= 0.3 is 0 Å². The van der Waals surface area contributed by atoms with Crippen molar-refractivity contribution in [3.8, 4) is 0 Å². The Morgan fingerprint density at radius 3 is 1.82 bits per heavy atom. The van der Waals surface area contributed by atoms with Gasteiger partial charge in [0, 0.05) is 19.6 Å². The molecule has 0 unspecified atom stereocenters. The molecule has 0 N–H and O–H groups in total. The normalized spacial score (nSPS) is 11.1. The van der Waals surface area contributed by atoms with Crippen LogP contribution in [0.25, 0.3) is 0 Å². The summed E-state index contributed by atoms with van der Waals surface area (Å²) < 4.78 is 5.51. The molecule has 0 saturated carbocycles. The van der Waals surface area contributed by atoms with Gasteiger partial charge in [0.15, 0.2) is 0 Å². The summed E-state index contributed by atoms with van der Waals surface area (Å²) in [6.45, 7) is 7.93. The van der Waals surface area contributed by atoms with Crippen molar-refractivity contribution in [3.63, 3.8) is 0 Å². The van der Waals surface area contributed by atoms with Crippen molar-refractivity contribution < 1.29 is 9.53 Å². The summed E-state index contributed by atoms with van der Waals surface area (Å²) in [6.07, 6.45) is 9.66. The highest BCUT2D eigenvalue weighted by Gasteiger charge is 2.12. The summed E-state index contributed by atoms with van der Waals surface area (Å²) in [5, 5.41) is 0. The first-order valence-corrected chi connectivity index (χ1v) is 9.12. The molecule has 4 nitrogen and oxygen atoms in total. The molecule has 132 valence electrons. The number of rotatable bonds is 15. The molecule has 0 aliphatic carbocycles. The molecule has 4 heteroatoms. The van der Waals surface area contributed by atoms with Gasteiger partial charge in [0.05, 0.1) is 6.61 Å². The average molecular weight is 315 g/mol. The fraction of sp³-hybridized carbons (Fsp3) is 0.944. The number of carbonyl (C=O) groups excluding carboxylic acids is 1. The Kier molecular flexibility index (Phi) is 14.9. The van der Waals surface area contributed by atoms with Crippen LogP contribution < -0.4 is 0 Å². The van der Waals surface area contributed by atoms with Crippen molar-refractivity contribution >= 4 is 5.91 Å². The van der Waals surface area contributed by atoms with Gasteiger partial charge in [-0.15, -0.1) is 0 Å². The van der Waals surface area contributed by atoms with E-state index in [0.717, 1.165) is 32.5 Å². The molecule has 0 aromatic heterocycles. The second kappa shape index (κ2) is 15.3. The average Bonchev–Trinajstić information content (AvgIpc) is 2.49. The number of ether oxygens (including phenoxy) is 1. The molecule has 22 heavy (non-hydrogen) atoms. The lowest BCUT2D eigenvalue weighted by Gasteiger charge is -2.23. The van der Waals surface area contributed by atoms with E-state index in [1.165, 1.54) is 38.5 Å². The Bertz CT molecular complexity index is 245. The Morgan fingerprint density at radius 2 is 1.36 bits per heavy atom. The highest BCUT2D eigenvalue weighted by atomic mass is 16.5. The van der Waals surface area contributed by atoms with Gasteiger partial charge in [-0.1, -0.05) is 52.4 Å². The van der Waals surface area contributed by atoms with E-state index in [-0.39, 0.29) is 12.5 Å². The van der Waals surface area contributed by atoms with Crippen LogP contribution in [0, 0.1) is 0 Å². The van der Waals surface area contributed by atoms with E-state index in [2.05, 4.69) is 18.7 Å². The molecule has 0 heterocycles. The van der Waals surface area contributed by atoms with Gasteiger partial charge in [0.25, 0.3) is 0 Å². The Balaban J connectivity index is 4.02. The summed E-state index contributed by atoms with van der Waals surface area (Å²) in [5.41, 5.74) is 0. The number of carbonyl (C=O) groups is 1. The molecule has 0 fully saturated rings. The topological polar surface area (TPSA) is 32.8 Å². The first-order chi connectivity index (χ1) is 10.6. The molecule has 0 spiro atoms. The molecule has 0 aliphatic heterocycles.